The Morgan fingerprint density at radius 2 is 1.97 bits per heavy atom. The zero-order chi connectivity index (χ0) is 22.8. The minimum atomic E-state index is -1.02. The van der Waals surface area contributed by atoms with E-state index in [1.54, 1.807) is 29.5 Å². The summed E-state index contributed by atoms with van der Waals surface area (Å²) in [6.45, 7) is 2.49. The summed E-state index contributed by atoms with van der Waals surface area (Å²) in [7, 11) is 0. The van der Waals surface area contributed by atoms with Crippen LogP contribution in [0.2, 0.25) is 0 Å². The molecule has 1 saturated heterocycles. The van der Waals surface area contributed by atoms with Crippen LogP contribution >= 0.6 is 11.3 Å². The topological polar surface area (TPSA) is 79.7 Å². The van der Waals surface area contributed by atoms with E-state index in [9.17, 15) is 9.59 Å². The summed E-state index contributed by atoms with van der Waals surface area (Å²) < 4.78 is 6.37. The molecular weight excluding hydrogens is 436 g/mol. The Morgan fingerprint density at radius 3 is 2.73 bits per heavy atom. The number of aromatic nitrogens is 1. The van der Waals surface area contributed by atoms with Crippen molar-refractivity contribution in [1.29, 1.82) is 0 Å². The highest BCUT2D eigenvalue weighted by molar-refractivity contribution is 7.13. The third-order valence-corrected chi connectivity index (χ3v) is 7.20. The predicted molar refractivity (Wildman–Crippen MR) is 127 cm³/mol. The van der Waals surface area contributed by atoms with E-state index in [2.05, 4.69) is 22.4 Å². The average Bonchev–Trinajstić information content (AvgIpc) is 3.29. The molecule has 168 valence electrons. The number of carboxylic acid groups (broad SMARTS) is 1. The highest BCUT2D eigenvalue weighted by atomic mass is 32.1. The summed E-state index contributed by atoms with van der Waals surface area (Å²) in [5.41, 5.74) is 2.96. The molecule has 1 spiro atoms. The van der Waals surface area contributed by atoms with Crippen molar-refractivity contribution in [1.82, 2.24) is 9.88 Å². The Morgan fingerprint density at radius 1 is 1.18 bits per heavy atom. The van der Waals surface area contributed by atoms with Crippen molar-refractivity contribution in [3.8, 4) is 16.3 Å². The molecule has 5 rings (SSSR count). The van der Waals surface area contributed by atoms with E-state index in [4.69, 9.17) is 14.8 Å². The fraction of sp³-hybridized carbons (Fsp3) is 0.269. The molecular formula is C26H24N2O4S. The third-order valence-electron chi connectivity index (χ3n) is 6.26. The second-order valence-electron chi connectivity index (χ2n) is 8.60. The van der Waals surface area contributed by atoms with Gasteiger partial charge in [0.05, 0.1) is 17.7 Å². The van der Waals surface area contributed by atoms with Crippen molar-refractivity contribution in [2.24, 2.45) is 0 Å². The van der Waals surface area contributed by atoms with E-state index in [1.807, 2.05) is 18.2 Å². The second kappa shape index (κ2) is 8.92. The van der Waals surface area contributed by atoms with Crippen molar-refractivity contribution < 1.29 is 19.4 Å². The monoisotopic (exact) mass is 460 g/mol. The van der Waals surface area contributed by atoms with Gasteiger partial charge in [-0.25, -0.2) is 9.78 Å². The number of nitrogens with zero attached hydrogens (tertiary/aromatic N) is 2. The number of ether oxygens (including phenoxy) is 1. The smallest absolute Gasteiger partial charge is 0.328 e. The molecule has 1 aromatic heterocycles. The van der Waals surface area contributed by atoms with E-state index in [-0.39, 0.29) is 5.78 Å². The lowest BCUT2D eigenvalue weighted by Gasteiger charge is -2.43. The quantitative estimate of drug-likeness (QED) is 0.545. The zero-order valence-electron chi connectivity index (χ0n) is 18.1. The Hall–Kier alpha value is -3.29. The maximum atomic E-state index is 12.9. The van der Waals surface area contributed by atoms with Crippen molar-refractivity contribution >= 4 is 29.2 Å². The fourth-order valence-corrected chi connectivity index (χ4v) is 5.32. The van der Waals surface area contributed by atoms with Crippen LogP contribution in [0.15, 0.2) is 60.0 Å². The molecule has 0 atom stereocenters. The highest BCUT2D eigenvalue weighted by Crippen LogP contribution is 2.40. The third kappa shape index (κ3) is 4.74. The molecule has 0 unspecified atom stereocenters. The van der Waals surface area contributed by atoms with Gasteiger partial charge in [-0.3, -0.25) is 9.69 Å². The van der Waals surface area contributed by atoms with Gasteiger partial charge >= 0.3 is 5.97 Å². The maximum Gasteiger partial charge on any atom is 0.328 e. The van der Waals surface area contributed by atoms with E-state index >= 15 is 0 Å². The lowest BCUT2D eigenvalue weighted by Crippen LogP contribution is -2.50. The number of carbonyl (C=O) groups excluding carboxylic acids is 1. The molecule has 0 radical (unpaired) electrons. The molecule has 1 fully saturated rings. The number of fused-ring (bicyclic) bond motifs is 1. The van der Waals surface area contributed by atoms with Crippen LogP contribution in [0.25, 0.3) is 16.6 Å². The number of carbonyl (C=O) groups is 2. The van der Waals surface area contributed by atoms with Crippen LogP contribution in [0, 0.1) is 0 Å². The number of benzene rings is 2. The zero-order valence-corrected chi connectivity index (χ0v) is 18.9. The molecule has 7 heteroatoms. The summed E-state index contributed by atoms with van der Waals surface area (Å²) in [4.78, 5) is 30.8. The summed E-state index contributed by atoms with van der Waals surface area (Å²) in [6.07, 6.45) is 4.48. The van der Waals surface area contributed by atoms with Gasteiger partial charge in [-0.2, -0.15) is 0 Å². The number of likely N-dealkylation sites (tertiary alicyclic amines) is 1. The van der Waals surface area contributed by atoms with Gasteiger partial charge in [0.25, 0.3) is 0 Å². The van der Waals surface area contributed by atoms with E-state index in [1.165, 1.54) is 6.08 Å². The molecule has 0 aliphatic carbocycles. The van der Waals surface area contributed by atoms with Gasteiger partial charge in [0, 0.05) is 49.5 Å². The first-order valence-corrected chi connectivity index (χ1v) is 11.9. The molecule has 2 aliphatic rings. The summed E-state index contributed by atoms with van der Waals surface area (Å²) in [5.74, 6) is -0.364. The van der Waals surface area contributed by atoms with Crippen LogP contribution in [0.4, 0.5) is 0 Å². The molecule has 0 saturated carbocycles. The summed E-state index contributed by atoms with van der Waals surface area (Å²) >= 11 is 1.67. The number of hydrogen-bond acceptors (Lipinski definition) is 6. The first-order chi connectivity index (χ1) is 16.0. The van der Waals surface area contributed by atoms with Gasteiger partial charge < -0.3 is 9.84 Å². The molecule has 33 heavy (non-hydrogen) atoms. The molecule has 0 amide bonds. The van der Waals surface area contributed by atoms with Crippen LogP contribution in [-0.4, -0.2) is 45.4 Å². The Kier molecular flexibility index (Phi) is 5.83. The van der Waals surface area contributed by atoms with Crippen LogP contribution < -0.4 is 4.74 Å². The van der Waals surface area contributed by atoms with E-state index in [0.29, 0.717) is 23.3 Å². The van der Waals surface area contributed by atoms with Gasteiger partial charge in [0.15, 0.2) is 5.78 Å². The van der Waals surface area contributed by atoms with Gasteiger partial charge in [-0.1, -0.05) is 36.4 Å². The first kappa shape index (κ1) is 21.6. The normalized spacial score (nSPS) is 17.8. The number of piperidine rings is 1. The lowest BCUT2D eigenvalue weighted by atomic mass is 9.82. The predicted octanol–water partition coefficient (Wildman–Crippen LogP) is 4.91. The minimum absolute atomic E-state index is 0.0577. The molecule has 1 N–H and O–H groups in total. The standard InChI is InChI=1S/C26H24N2O4S/c29-22-15-26(32-23-8-6-18(14-21(22)23)7-9-24(30)31)10-12-28(13-11-26)16-20-17-33-25(27-20)19-4-2-1-3-5-19/h1-9,14,17H,10-13,15-16H2,(H,30,31)/b9-7+. The van der Waals surface area contributed by atoms with Crippen molar-refractivity contribution in [2.45, 2.75) is 31.4 Å². The van der Waals surface area contributed by atoms with Crippen molar-refractivity contribution in [3.63, 3.8) is 0 Å². The van der Waals surface area contributed by atoms with Crippen LogP contribution in [-0.2, 0) is 11.3 Å². The SMILES string of the molecule is O=C(O)/C=C/c1ccc2c(c1)C(=O)CC1(CCN(Cc3csc(-c4ccccc4)n3)CC1)O2. The average molecular weight is 461 g/mol. The Labute approximate surface area is 196 Å². The number of ketones is 1. The van der Waals surface area contributed by atoms with Gasteiger partial charge in [0.2, 0.25) is 0 Å². The van der Waals surface area contributed by atoms with Gasteiger partial charge in [-0.05, 0) is 23.8 Å². The molecule has 0 bridgehead atoms. The second-order valence-corrected chi connectivity index (χ2v) is 9.46. The first-order valence-electron chi connectivity index (χ1n) is 11.0. The molecule has 3 aromatic rings. The number of rotatable bonds is 5. The molecule has 2 aromatic carbocycles. The van der Waals surface area contributed by atoms with Crippen LogP contribution in [0.3, 0.4) is 0 Å². The van der Waals surface area contributed by atoms with Crippen LogP contribution in [0.1, 0.15) is 40.9 Å². The maximum absolute atomic E-state index is 12.9. The van der Waals surface area contributed by atoms with Crippen molar-refractivity contribution in [2.75, 3.05) is 13.1 Å². The van der Waals surface area contributed by atoms with Crippen molar-refractivity contribution in [3.05, 3.63) is 76.8 Å². The Balaban J connectivity index is 1.23. The molecule has 6 nitrogen and oxygen atoms in total. The Bertz CT molecular complexity index is 1210. The molecule has 2 aliphatic heterocycles. The van der Waals surface area contributed by atoms with Crippen LogP contribution in [0.5, 0.6) is 5.75 Å². The van der Waals surface area contributed by atoms with E-state index in [0.717, 1.165) is 54.8 Å². The number of thiazole rings is 1. The van der Waals surface area contributed by atoms with Gasteiger partial charge in [-0.15, -0.1) is 11.3 Å². The largest absolute Gasteiger partial charge is 0.486 e. The lowest BCUT2D eigenvalue weighted by molar-refractivity contribution is -0.131. The minimum Gasteiger partial charge on any atom is -0.486 e. The van der Waals surface area contributed by atoms with Gasteiger partial charge in [0.1, 0.15) is 16.4 Å². The highest BCUT2D eigenvalue weighted by Gasteiger charge is 2.43. The fourth-order valence-electron chi connectivity index (χ4n) is 4.50. The summed E-state index contributed by atoms with van der Waals surface area (Å²) in [6, 6.07) is 15.5. The van der Waals surface area contributed by atoms with E-state index < -0.39 is 11.6 Å². The molecule has 3 heterocycles. The number of Topliss-reactive ketones (excluding diaryl/α,β-unsaturated/α-hetero) is 1. The number of carboxylic acids is 1. The number of hydrogen-bond donors (Lipinski definition) is 1. The number of aliphatic carboxylic acids is 1. The summed E-state index contributed by atoms with van der Waals surface area (Å²) in [5, 5.41) is 12.0.